The minimum Gasteiger partial charge on any atom is -0.497 e. The van der Waals surface area contributed by atoms with Crippen LogP contribution in [0.3, 0.4) is 0 Å². The van der Waals surface area contributed by atoms with Crippen LogP contribution in [0.4, 0.5) is 5.69 Å². The summed E-state index contributed by atoms with van der Waals surface area (Å²) in [4.78, 5) is 20.7. The Morgan fingerprint density at radius 3 is 2.69 bits per heavy atom. The van der Waals surface area contributed by atoms with Crippen molar-refractivity contribution in [3.05, 3.63) is 54.4 Å². The fraction of sp³-hybridized carbons (Fsp3) is 0.381. The number of carbonyl (C=O) groups excluding carboxylic acids is 1. The molecule has 8 heteroatoms. The summed E-state index contributed by atoms with van der Waals surface area (Å²) in [6.45, 7) is 4.61. The molecule has 0 spiro atoms. The number of anilines is 1. The molecule has 0 aliphatic rings. The number of rotatable bonds is 11. The molecule has 0 unspecified atom stereocenters. The highest BCUT2D eigenvalue weighted by Crippen LogP contribution is 2.11. The average molecular weight is 399 g/mol. The largest absolute Gasteiger partial charge is 0.497 e. The molecule has 1 aromatic carbocycles. The molecular weight excluding hydrogens is 370 g/mol. The molecule has 2 aromatic rings. The Kier molecular flexibility index (Phi) is 10.0. The molecule has 8 nitrogen and oxygen atoms in total. The molecule has 0 radical (unpaired) electrons. The van der Waals surface area contributed by atoms with Gasteiger partial charge in [0.1, 0.15) is 5.75 Å². The summed E-state index contributed by atoms with van der Waals surface area (Å²) in [5.41, 5.74) is 1.70. The molecule has 1 amide bonds. The Balaban J connectivity index is 1.89. The number of hydrogen-bond donors (Lipinski definition) is 3. The lowest BCUT2D eigenvalue weighted by molar-refractivity contribution is -0.115. The molecule has 0 aliphatic heterocycles. The lowest BCUT2D eigenvalue weighted by Gasteiger charge is -2.13. The monoisotopic (exact) mass is 399 g/mol. The van der Waals surface area contributed by atoms with Crippen molar-refractivity contribution in [1.82, 2.24) is 15.6 Å². The highest BCUT2D eigenvalue weighted by atomic mass is 16.5. The van der Waals surface area contributed by atoms with Crippen molar-refractivity contribution in [2.45, 2.75) is 19.9 Å². The van der Waals surface area contributed by atoms with Crippen LogP contribution in [0.15, 0.2) is 53.8 Å². The van der Waals surface area contributed by atoms with E-state index in [9.17, 15) is 4.79 Å². The highest BCUT2D eigenvalue weighted by Gasteiger charge is 2.05. The smallest absolute Gasteiger partial charge is 0.243 e. The Labute approximate surface area is 171 Å². The van der Waals surface area contributed by atoms with E-state index in [0.717, 1.165) is 17.7 Å². The van der Waals surface area contributed by atoms with Crippen LogP contribution in [0.25, 0.3) is 0 Å². The first-order chi connectivity index (χ1) is 14.2. The number of guanidine groups is 1. The van der Waals surface area contributed by atoms with Crippen molar-refractivity contribution in [2.24, 2.45) is 4.99 Å². The number of nitrogens with zero attached hydrogens (tertiary/aromatic N) is 2. The zero-order chi connectivity index (χ0) is 20.7. The van der Waals surface area contributed by atoms with E-state index < -0.39 is 0 Å². The molecule has 2 rings (SSSR count). The van der Waals surface area contributed by atoms with Gasteiger partial charge in [-0.25, -0.2) is 4.99 Å². The number of ether oxygens (including phenoxy) is 2. The van der Waals surface area contributed by atoms with Crippen LogP contribution in [0.2, 0.25) is 0 Å². The van der Waals surface area contributed by atoms with Crippen LogP contribution in [0.5, 0.6) is 5.75 Å². The molecule has 0 atom stereocenters. The van der Waals surface area contributed by atoms with Gasteiger partial charge in [-0.1, -0.05) is 12.1 Å². The third kappa shape index (κ3) is 9.07. The molecule has 1 aromatic heterocycles. The number of pyridine rings is 1. The van der Waals surface area contributed by atoms with E-state index in [1.54, 1.807) is 31.6 Å². The van der Waals surface area contributed by atoms with Gasteiger partial charge in [-0.3, -0.25) is 9.78 Å². The SMILES string of the molecule is CCOCCCNC(=NCc1ccc(OC)cc1)NCC(=O)Nc1cccnc1. The lowest BCUT2D eigenvalue weighted by Crippen LogP contribution is -2.42. The van der Waals surface area contributed by atoms with Gasteiger partial charge in [0.05, 0.1) is 32.1 Å². The van der Waals surface area contributed by atoms with E-state index in [0.29, 0.717) is 38.0 Å². The molecule has 29 heavy (non-hydrogen) atoms. The van der Waals surface area contributed by atoms with E-state index in [4.69, 9.17) is 9.47 Å². The summed E-state index contributed by atoms with van der Waals surface area (Å²) in [6, 6.07) is 11.3. The van der Waals surface area contributed by atoms with Gasteiger partial charge >= 0.3 is 0 Å². The molecular formula is C21H29N5O3. The van der Waals surface area contributed by atoms with Gasteiger partial charge < -0.3 is 25.4 Å². The minimum absolute atomic E-state index is 0.0921. The fourth-order valence-corrected chi connectivity index (χ4v) is 2.41. The zero-order valence-corrected chi connectivity index (χ0v) is 17.0. The molecule has 0 aliphatic carbocycles. The second-order valence-electron chi connectivity index (χ2n) is 6.13. The van der Waals surface area contributed by atoms with Gasteiger partial charge in [0.25, 0.3) is 0 Å². The number of carbonyl (C=O) groups is 1. The van der Waals surface area contributed by atoms with E-state index in [-0.39, 0.29) is 12.5 Å². The van der Waals surface area contributed by atoms with E-state index in [2.05, 4.69) is 25.9 Å². The van der Waals surface area contributed by atoms with Crippen LogP contribution in [0.1, 0.15) is 18.9 Å². The molecule has 0 saturated heterocycles. The van der Waals surface area contributed by atoms with Gasteiger partial charge in [0.15, 0.2) is 5.96 Å². The number of hydrogen-bond acceptors (Lipinski definition) is 5. The van der Waals surface area contributed by atoms with E-state index in [1.807, 2.05) is 31.2 Å². The van der Waals surface area contributed by atoms with Gasteiger partial charge in [-0.05, 0) is 43.2 Å². The van der Waals surface area contributed by atoms with Gasteiger partial charge in [-0.15, -0.1) is 0 Å². The Morgan fingerprint density at radius 1 is 1.17 bits per heavy atom. The van der Waals surface area contributed by atoms with Crippen LogP contribution < -0.4 is 20.7 Å². The Hall–Kier alpha value is -3.13. The van der Waals surface area contributed by atoms with E-state index in [1.165, 1.54) is 0 Å². The van der Waals surface area contributed by atoms with Crippen LogP contribution >= 0.6 is 0 Å². The molecule has 3 N–H and O–H groups in total. The number of aromatic nitrogens is 1. The second-order valence-corrected chi connectivity index (χ2v) is 6.13. The topological polar surface area (TPSA) is 96.9 Å². The number of methoxy groups -OCH3 is 1. The minimum atomic E-state index is -0.175. The fourth-order valence-electron chi connectivity index (χ4n) is 2.41. The molecule has 0 fully saturated rings. The number of nitrogens with one attached hydrogen (secondary N) is 3. The molecule has 0 saturated carbocycles. The van der Waals surface area contributed by atoms with Crippen molar-refractivity contribution in [1.29, 1.82) is 0 Å². The third-order valence-electron chi connectivity index (χ3n) is 3.90. The number of benzene rings is 1. The predicted octanol–water partition coefficient (Wildman–Crippen LogP) is 2.19. The van der Waals surface area contributed by atoms with Crippen LogP contribution in [-0.4, -0.2) is 50.3 Å². The van der Waals surface area contributed by atoms with Crippen molar-refractivity contribution < 1.29 is 14.3 Å². The maximum absolute atomic E-state index is 12.2. The second kappa shape index (κ2) is 13.1. The molecule has 156 valence electrons. The van der Waals surface area contributed by atoms with Gasteiger partial charge in [0.2, 0.25) is 5.91 Å². The first-order valence-electron chi connectivity index (χ1n) is 9.64. The summed E-state index contributed by atoms with van der Waals surface area (Å²) < 4.78 is 10.5. The Bertz CT molecular complexity index is 751. The molecule has 0 bridgehead atoms. The van der Waals surface area contributed by atoms with Gasteiger partial charge in [-0.2, -0.15) is 0 Å². The standard InChI is InChI=1S/C21H29N5O3/c1-3-29-13-5-12-23-21(24-14-17-7-9-19(28-2)10-8-17)25-16-20(27)26-18-6-4-11-22-15-18/h4,6-11,15H,3,5,12-14,16H2,1-2H3,(H,26,27)(H2,23,24,25). The van der Waals surface area contributed by atoms with Crippen molar-refractivity contribution >= 4 is 17.6 Å². The Morgan fingerprint density at radius 2 is 2.00 bits per heavy atom. The lowest BCUT2D eigenvalue weighted by atomic mass is 10.2. The summed E-state index contributed by atoms with van der Waals surface area (Å²) in [5.74, 6) is 1.20. The summed E-state index contributed by atoms with van der Waals surface area (Å²) in [7, 11) is 1.64. The maximum atomic E-state index is 12.2. The predicted molar refractivity (Wildman–Crippen MR) is 114 cm³/mol. The highest BCUT2D eigenvalue weighted by molar-refractivity contribution is 5.94. The van der Waals surface area contributed by atoms with E-state index >= 15 is 0 Å². The van der Waals surface area contributed by atoms with Crippen molar-refractivity contribution in [3.63, 3.8) is 0 Å². The molecule has 1 heterocycles. The normalized spacial score (nSPS) is 11.0. The maximum Gasteiger partial charge on any atom is 0.243 e. The third-order valence-corrected chi connectivity index (χ3v) is 3.90. The summed E-state index contributed by atoms with van der Waals surface area (Å²) in [6.07, 6.45) is 4.10. The first kappa shape index (κ1) is 22.2. The average Bonchev–Trinajstić information content (AvgIpc) is 2.76. The number of aliphatic imine (C=N–C) groups is 1. The number of amides is 1. The summed E-state index contributed by atoms with van der Waals surface area (Å²) in [5, 5.41) is 9.08. The van der Waals surface area contributed by atoms with Crippen molar-refractivity contribution in [3.8, 4) is 5.75 Å². The van der Waals surface area contributed by atoms with Crippen LogP contribution in [-0.2, 0) is 16.1 Å². The quantitative estimate of drug-likeness (QED) is 0.304. The van der Waals surface area contributed by atoms with Crippen LogP contribution in [0, 0.1) is 0 Å². The van der Waals surface area contributed by atoms with Gasteiger partial charge in [0, 0.05) is 26.0 Å². The van der Waals surface area contributed by atoms with Crippen molar-refractivity contribution in [2.75, 3.05) is 38.7 Å². The summed E-state index contributed by atoms with van der Waals surface area (Å²) >= 11 is 0. The zero-order valence-electron chi connectivity index (χ0n) is 17.0. The first-order valence-corrected chi connectivity index (χ1v) is 9.64.